The van der Waals surface area contributed by atoms with Crippen LogP contribution >= 0.6 is 11.6 Å². The molecule has 0 spiro atoms. The molecule has 8 heteroatoms. The number of hydrogen-bond acceptors (Lipinski definition) is 5. The summed E-state index contributed by atoms with van der Waals surface area (Å²) in [5.41, 5.74) is 6.81. The molecule has 0 fully saturated rings. The van der Waals surface area contributed by atoms with Crippen LogP contribution < -0.4 is 0 Å². The Morgan fingerprint density at radius 1 is 0.674 bits per heavy atom. The molecule has 0 amide bonds. The van der Waals surface area contributed by atoms with Crippen molar-refractivity contribution in [2.75, 3.05) is 0 Å². The lowest BCUT2D eigenvalue weighted by Crippen LogP contribution is -2.39. The third kappa shape index (κ3) is 5.19. The van der Waals surface area contributed by atoms with Crippen LogP contribution in [0.4, 0.5) is 0 Å². The second kappa shape index (κ2) is 12.6. The van der Waals surface area contributed by atoms with Gasteiger partial charge in [-0.1, -0.05) is 151 Å². The maximum Gasteiger partial charge on any atom is 0.205 e. The van der Waals surface area contributed by atoms with Crippen molar-refractivity contribution in [2.45, 2.75) is 25.6 Å². The van der Waals surface area contributed by atoms with Crippen molar-refractivity contribution in [1.82, 2.24) is 29.8 Å². The lowest BCUT2D eigenvalue weighted by molar-refractivity contribution is 0.271. The van der Waals surface area contributed by atoms with E-state index < -0.39 is 5.54 Å². The van der Waals surface area contributed by atoms with E-state index in [1.54, 1.807) is 4.80 Å². The third-order valence-corrected chi connectivity index (χ3v) is 8.73. The zero-order chi connectivity index (χ0) is 31.5. The van der Waals surface area contributed by atoms with Crippen molar-refractivity contribution in [3.63, 3.8) is 0 Å². The molecule has 0 aliphatic carbocycles. The van der Waals surface area contributed by atoms with Gasteiger partial charge in [0.25, 0.3) is 0 Å². The van der Waals surface area contributed by atoms with E-state index >= 15 is 0 Å². The second-order valence-electron chi connectivity index (χ2n) is 11.1. The van der Waals surface area contributed by atoms with Crippen LogP contribution in [-0.2, 0) is 18.7 Å². The SMILES string of the molecule is Cc1nc(Cl)c(CO)n1Cc1ccc(-c2ccccc2-c2nnn(C(c3ccccc3)(c3ccccc3)c3ccccc3)n2)cc1. The Hall–Kier alpha value is -5.37. The third-order valence-electron chi connectivity index (χ3n) is 8.43. The lowest BCUT2D eigenvalue weighted by atomic mass is 9.77. The molecule has 0 aliphatic rings. The number of aliphatic hydroxyl groups is 1. The molecule has 7 aromatic rings. The van der Waals surface area contributed by atoms with Gasteiger partial charge in [-0.05, 0) is 45.5 Å². The van der Waals surface area contributed by atoms with E-state index in [0.717, 1.165) is 44.8 Å². The topological polar surface area (TPSA) is 81.7 Å². The number of rotatable bonds is 9. The summed E-state index contributed by atoms with van der Waals surface area (Å²) in [6.45, 7) is 2.27. The number of benzene rings is 5. The molecule has 226 valence electrons. The molecule has 2 heterocycles. The fraction of sp³-hybridized carbons (Fsp3) is 0.105. The lowest BCUT2D eigenvalue weighted by Gasteiger charge is -2.34. The Labute approximate surface area is 272 Å². The van der Waals surface area contributed by atoms with Crippen LogP contribution in [0.15, 0.2) is 140 Å². The molecule has 0 atom stereocenters. The van der Waals surface area contributed by atoms with E-state index in [4.69, 9.17) is 21.9 Å². The molecular weight excluding hydrogens is 592 g/mol. The number of aromatic nitrogens is 6. The standard InChI is InChI=1S/C38H31ClN6O/c1-27-40-36(39)35(26-46)44(27)25-28-21-23-29(24-22-28)33-19-11-12-20-34(33)37-41-43-45(42-37)38(30-13-5-2-6-14-30,31-15-7-3-8-16-31)32-17-9-4-10-18-32/h2-24,46H,25-26H2,1H3. The van der Waals surface area contributed by atoms with E-state index in [9.17, 15) is 5.11 Å². The summed E-state index contributed by atoms with van der Waals surface area (Å²) in [5, 5.41) is 24.7. The number of aryl methyl sites for hydroxylation is 1. The van der Waals surface area contributed by atoms with E-state index in [2.05, 4.69) is 76.8 Å². The van der Waals surface area contributed by atoms with Crippen LogP contribution in [0.5, 0.6) is 0 Å². The summed E-state index contributed by atoms with van der Waals surface area (Å²) in [5.74, 6) is 1.29. The van der Waals surface area contributed by atoms with Gasteiger partial charge in [-0.15, -0.1) is 15.0 Å². The second-order valence-corrected chi connectivity index (χ2v) is 11.5. The molecule has 7 nitrogen and oxygen atoms in total. The van der Waals surface area contributed by atoms with E-state index in [-0.39, 0.29) is 6.61 Å². The maximum absolute atomic E-state index is 9.80. The molecule has 2 aromatic heterocycles. The van der Waals surface area contributed by atoms with E-state index in [1.165, 1.54) is 0 Å². The largest absolute Gasteiger partial charge is 0.390 e. The normalized spacial score (nSPS) is 11.5. The summed E-state index contributed by atoms with van der Waals surface area (Å²) >= 11 is 6.22. The molecule has 0 saturated heterocycles. The van der Waals surface area contributed by atoms with Crippen LogP contribution in [0, 0.1) is 6.92 Å². The van der Waals surface area contributed by atoms with Gasteiger partial charge in [0.15, 0.2) is 10.7 Å². The van der Waals surface area contributed by atoms with E-state index in [1.807, 2.05) is 84.3 Å². The van der Waals surface area contributed by atoms with Crippen LogP contribution in [0.25, 0.3) is 22.5 Å². The van der Waals surface area contributed by atoms with Gasteiger partial charge in [0.1, 0.15) is 5.82 Å². The average Bonchev–Trinajstić information content (AvgIpc) is 3.71. The quantitative estimate of drug-likeness (QED) is 0.168. The first-order valence-corrected chi connectivity index (χ1v) is 15.5. The molecule has 0 radical (unpaired) electrons. The Bertz CT molecular complexity index is 1980. The first kappa shape index (κ1) is 29.3. The molecule has 0 bridgehead atoms. The van der Waals surface area contributed by atoms with Crippen molar-refractivity contribution in [2.24, 2.45) is 0 Å². The van der Waals surface area contributed by atoms with Crippen molar-refractivity contribution in [3.8, 4) is 22.5 Å². The zero-order valence-corrected chi connectivity index (χ0v) is 26.0. The minimum Gasteiger partial charge on any atom is -0.390 e. The molecule has 46 heavy (non-hydrogen) atoms. The zero-order valence-electron chi connectivity index (χ0n) is 25.2. The van der Waals surface area contributed by atoms with E-state index in [0.29, 0.717) is 23.2 Å². The van der Waals surface area contributed by atoms with Gasteiger partial charge in [0, 0.05) is 12.1 Å². The van der Waals surface area contributed by atoms with Gasteiger partial charge >= 0.3 is 0 Å². The van der Waals surface area contributed by atoms with Gasteiger partial charge in [-0.3, -0.25) is 0 Å². The highest BCUT2D eigenvalue weighted by Gasteiger charge is 2.41. The number of hydrogen-bond donors (Lipinski definition) is 1. The fourth-order valence-corrected chi connectivity index (χ4v) is 6.47. The number of aliphatic hydroxyl groups excluding tert-OH is 1. The number of nitrogens with zero attached hydrogens (tertiary/aromatic N) is 6. The first-order valence-electron chi connectivity index (χ1n) is 15.1. The van der Waals surface area contributed by atoms with Crippen molar-refractivity contribution >= 4 is 11.6 Å². The van der Waals surface area contributed by atoms with Gasteiger partial charge in [-0.25, -0.2) is 4.98 Å². The predicted octanol–water partition coefficient (Wildman–Crippen LogP) is 7.55. The van der Waals surface area contributed by atoms with Gasteiger partial charge in [0.2, 0.25) is 5.82 Å². The molecule has 0 saturated carbocycles. The predicted molar refractivity (Wildman–Crippen MR) is 180 cm³/mol. The minimum absolute atomic E-state index is 0.168. The van der Waals surface area contributed by atoms with Gasteiger partial charge in [0.05, 0.1) is 12.3 Å². The van der Waals surface area contributed by atoms with Crippen molar-refractivity contribution in [3.05, 3.63) is 178 Å². The highest BCUT2D eigenvalue weighted by atomic mass is 35.5. The van der Waals surface area contributed by atoms with Crippen LogP contribution in [0.2, 0.25) is 5.15 Å². The Morgan fingerprint density at radius 3 is 1.74 bits per heavy atom. The summed E-state index contributed by atoms with van der Waals surface area (Å²) in [6.07, 6.45) is 0. The first-order chi connectivity index (χ1) is 22.6. The summed E-state index contributed by atoms with van der Waals surface area (Å²) in [7, 11) is 0. The van der Waals surface area contributed by atoms with Gasteiger partial charge < -0.3 is 9.67 Å². The number of tetrazole rings is 1. The summed E-state index contributed by atoms with van der Waals surface area (Å²) in [4.78, 5) is 6.06. The minimum atomic E-state index is -0.854. The molecule has 7 rings (SSSR count). The molecule has 0 aliphatic heterocycles. The van der Waals surface area contributed by atoms with Crippen molar-refractivity contribution in [1.29, 1.82) is 0 Å². The highest BCUT2D eigenvalue weighted by molar-refractivity contribution is 6.30. The fourth-order valence-electron chi connectivity index (χ4n) is 6.18. The average molecular weight is 623 g/mol. The molecule has 1 N–H and O–H groups in total. The number of halogens is 1. The molecule has 0 unspecified atom stereocenters. The Balaban J connectivity index is 1.31. The van der Waals surface area contributed by atoms with Gasteiger partial charge in [-0.2, -0.15) is 0 Å². The maximum atomic E-state index is 9.80. The van der Waals surface area contributed by atoms with Crippen LogP contribution in [-0.4, -0.2) is 34.9 Å². The van der Waals surface area contributed by atoms with Crippen LogP contribution in [0.1, 0.15) is 33.8 Å². The smallest absolute Gasteiger partial charge is 0.205 e. The Kier molecular flexibility index (Phi) is 8.01. The summed E-state index contributed by atoms with van der Waals surface area (Å²) in [6, 6.07) is 47.4. The van der Waals surface area contributed by atoms with Crippen molar-refractivity contribution < 1.29 is 5.11 Å². The monoisotopic (exact) mass is 622 g/mol. The summed E-state index contributed by atoms with van der Waals surface area (Å²) < 4.78 is 1.94. The molecule has 5 aromatic carbocycles. The molecular formula is C38H31ClN6O. The highest BCUT2D eigenvalue weighted by Crippen LogP contribution is 2.40. The van der Waals surface area contributed by atoms with Crippen LogP contribution in [0.3, 0.4) is 0 Å². The Morgan fingerprint density at radius 2 is 1.20 bits per heavy atom. The number of imidazole rings is 1.